The minimum Gasteiger partial charge on any atom is -0.506 e. The van der Waals surface area contributed by atoms with E-state index in [1.807, 2.05) is 18.2 Å². The van der Waals surface area contributed by atoms with Gasteiger partial charge in [0.25, 0.3) is 0 Å². The van der Waals surface area contributed by atoms with Crippen molar-refractivity contribution in [1.29, 1.82) is 0 Å². The van der Waals surface area contributed by atoms with Crippen LogP contribution in [-0.4, -0.2) is 62.6 Å². The van der Waals surface area contributed by atoms with E-state index >= 15 is 0 Å². The largest absolute Gasteiger partial charge is 0.506 e. The van der Waals surface area contributed by atoms with Gasteiger partial charge in [-0.3, -0.25) is 15.0 Å². The van der Waals surface area contributed by atoms with Crippen LogP contribution in [0.15, 0.2) is 91.8 Å². The van der Waals surface area contributed by atoms with Crippen molar-refractivity contribution in [1.82, 2.24) is 29.9 Å². The summed E-state index contributed by atoms with van der Waals surface area (Å²) in [5.74, 6) is 0.529. The van der Waals surface area contributed by atoms with Crippen molar-refractivity contribution in [2.45, 2.75) is 0 Å². The molecule has 0 bridgehead atoms. The molecule has 9 nitrogen and oxygen atoms in total. The molecular formula is C24H21AlN6O3. The number of benzene rings is 3. The average Bonchev–Trinajstić information content (AvgIpc) is 2.86. The highest BCUT2D eigenvalue weighted by Gasteiger charge is 1.99. The van der Waals surface area contributed by atoms with E-state index in [0.717, 1.165) is 0 Å². The molecule has 0 saturated heterocycles. The fourth-order valence-electron chi connectivity index (χ4n) is 2.93. The molecule has 0 saturated carbocycles. The van der Waals surface area contributed by atoms with Crippen LogP contribution in [0.5, 0.6) is 17.2 Å². The van der Waals surface area contributed by atoms with Crippen LogP contribution in [0.1, 0.15) is 0 Å². The Balaban J connectivity index is 0.000000141. The number of phenols is 3. The van der Waals surface area contributed by atoms with E-state index in [9.17, 15) is 15.3 Å². The molecule has 0 atom stereocenters. The van der Waals surface area contributed by atoms with Gasteiger partial charge < -0.3 is 15.3 Å². The van der Waals surface area contributed by atoms with Crippen molar-refractivity contribution in [3.63, 3.8) is 0 Å². The quantitative estimate of drug-likeness (QED) is 0.287. The second-order valence-electron chi connectivity index (χ2n) is 6.60. The third kappa shape index (κ3) is 5.69. The van der Waals surface area contributed by atoms with Gasteiger partial charge in [-0.25, -0.2) is 15.0 Å². The van der Waals surface area contributed by atoms with Gasteiger partial charge in [-0.1, -0.05) is 18.2 Å². The third-order valence-corrected chi connectivity index (χ3v) is 4.43. The number of aromatic hydroxyl groups is 3. The summed E-state index contributed by atoms with van der Waals surface area (Å²) >= 11 is 0. The number of nitrogens with zero attached hydrogens (tertiary/aromatic N) is 6. The molecule has 3 N–H and O–H groups in total. The summed E-state index contributed by atoms with van der Waals surface area (Å²) in [6.45, 7) is 0. The monoisotopic (exact) mass is 468 g/mol. The molecule has 0 aliphatic rings. The number of para-hydroxylation sites is 3. The molecule has 10 heteroatoms. The molecule has 3 aromatic carbocycles. The minimum atomic E-state index is 0. The van der Waals surface area contributed by atoms with Crippen molar-refractivity contribution < 1.29 is 15.3 Å². The fourth-order valence-corrected chi connectivity index (χ4v) is 2.93. The first-order valence-electron chi connectivity index (χ1n) is 9.79. The lowest BCUT2D eigenvalue weighted by atomic mass is 10.3. The Labute approximate surface area is 204 Å². The standard InChI is InChI=1S/3C8H6N2O.Al.3H/c3*11-7-3-1-2-6-8(7)10-5-4-9-6;;;;/h3*1-5,11H;;;;. The SMILES string of the molecule is Oc1cccc2nccnc12.Oc1cccc2nccnc12.Oc1cccc2nccnc12.[AlH3]. The highest BCUT2D eigenvalue weighted by Crippen LogP contribution is 2.20. The summed E-state index contributed by atoms with van der Waals surface area (Å²) < 4.78 is 0. The number of aromatic nitrogens is 6. The molecule has 0 radical (unpaired) electrons. The van der Waals surface area contributed by atoms with E-state index in [0.29, 0.717) is 33.1 Å². The summed E-state index contributed by atoms with van der Waals surface area (Å²) in [6.07, 6.45) is 9.47. The van der Waals surface area contributed by atoms with Crippen molar-refractivity contribution in [3.8, 4) is 17.2 Å². The first-order valence-corrected chi connectivity index (χ1v) is 9.79. The third-order valence-electron chi connectivity index (χ3n) is 4.43. The maximum Gasteiger partial charge on any atom is 0.187 e. The van der Waals surface area contributed by atoms with Crippen LogP contribution in [0, 0.1) is 0 Å². The zero-order valence-corrected chi connectivity index (χ0v) is 17.2. The molecule has 34 heavy (non-hydrogen) atoms. The number of fused-ring (bicyclic) bond motifs is 3. The average molecular weight is 468 g/mol. The lowest BCUT2D eigenvalue weighted by molar-refractivity contribution is 0.479. The molecule has 3 heterocycles. The predicted octanol–water partition coefficient (Wildman–Crippen LogP) is 2.82. The van der Waals surface area contributed by atoms with E-state index in [4.69, 9.17) is 0 Å². The first kappa shape index (κ1) is 24.3. The van der Waals surface area contributed by atoms with Crippen LogP contribution in [0.25, 0.3) is 33.1 Å². The Morgan fingerprint density at radius 1 is 0.382 bits per heavy atom. The zero-order valence-electron chi connectivity index (χ0n) is 17.2. The molecule has 0 spiro atoms. The number of rotatable bonds is 0. The zero-order chi connectivity index (χ0) is 23.0. The van der Waals surface area contributed by atoms with Gasteiger partial charge >= 0.3 is 0 Å². The summed E-state index contributed by atoms with van der Waals surface area (Å²) in [4.78, 5) is 24.0. The second-order valence-corrected chi connectivity index (χ2v) is 6.60. The number of hydrogen-bond acceptors (Lipinski definition) is 9. The molecule has 6 aromatic rings. The van der Waals surface area contributed by atoms with E-state index in [1.54, 1.807) is 73.6 Å². The van der Waals surface area contributed by atoms with E-state index < -0.39 is 0 Å². The maximum atomic E-state index is 9.27. The van der Waals surface area contributed by atoms with Crippen molar-refractivity contribution in [2.75, 3.05) is 0 Å². The van der Waals surface area contributed by atoms with E-state index in [2.05, 4.69) is 29.9 Å². The van der Waals surface area contributed by atoms with Gasteiger partial charge in [-0.15, -0.1) is 0 Å². The van der Waals surface area contributed by atoms with Gasteiger partial charge in [0, 0.05) is 37.2 Å². The van der Waals surface area contributed by atoms with E-state index in [-0.39, 0.29) is 34.6 Å². The van der Waals surface area contributed by atoms with Crippen LogP contribution < -0.4 is 0 Å². The molecule has 168 valence electrons. The second kappa shape index (κ2) is 11.5. The van der Waals surface area contributed by atoms with Crippen LogP contribution in [-0.2, 0) is 0 Å². The Morgan fingerprint density at radius 3 is 0.912 bits per heavy atom. The van der Waals surface area contributed by atoms with Crippen molar-refractivity contribution >= 4 is 50.5 Å². The van der Waals surface area contributed by atoms with Gasteiger partial charge in [0.2, 0.25) is 0 Å². The van der Waals surface area contributed by atoms with Crippen LogP contribution in [0.3, 0.4) is 0 Å². The molecule has 0 aliphatic heterocycles. The maximum absolute atomic E-state index is 9.27. The minimum absolute atomic E-state index is 0. The lowest BCUT2D eigenvalue weighted by Gasteiger charge is -1.95. The Kier molecular flexibility index (Phi) is 8.18. The molecule has 6 rings (SSSR count). The van der Waals surface area contributed by atoms with Gasteiger partial charge in [0.15, 0.2) is 17.4 Å². The first-order chi connectivity index (χ1) is 16.1. The van der Waals surface area contributed by atoms with Crippen LogP contribution in [0.2, 0.25) is 0 Å². The summed E-state index contributed by atoms with van der Waals surface area (Å²) in [5, 5.41) is 27.8. The Bertz CT molecular complexity index is 1330. The van der Waals surface area contributed by atoms with Gasteiger partial charge in [-0.2, -0.15) is 0 Å². The van der Waals surface area contributed by atoms with Gasteiger partial charge in [0.05, 0.1) is 16.6 Å². The molecular weight excluding hydrogens is 447 g/mol. The topological polar surface area (TPSA) is 138 Å². The van der Waals surface area contributed by atoms with Gasteiger partial charge in [-0.05, 0) is 36.4 Å². The number of hydrogen-bond donors (Lipinski definition) is 3. The molecule has 0 unspecified atom stereocenters. The van der Waals surface area contributed by atoms with Crippen LogP contribution in [0.4, 0.5) is 0 Å². The van der Waals surface area contributed by atoms with Crippen molar-refractivity contribution in [2.24, 2.45) is 0 Å². The van der Waals surface area contributed by atoms with Crippen molar-refractivity contribution in [3.05, 3.63) is 91.8 Å². The Morgan fingerprint density at radius 2 is 0.647 bits per heavy atom. The lowest BCUT2D eigenvalue weighted by Crippen LogP contribution is -1.80. The summed E-state index contributed by atoms with van der Waals surface area (Å²) in [7, 11) is 0. The molecule has 0 fully saturated rings. The molecule has 3 aromatic heterocycles. The predicted molar refractivity (Wildman–Crippen MR) is 134 cm³/mol. The van der Waals surface area contributed by atoms with Crippen LogP contribution >= 0.6 is 0 Å². The summed E-state index contributed by atoms with van der Waals surface area (Å²) in [6, 6.07) is 15.4. The Hall–Kier alpha value is -4.39. The van der Waals surface area contributed by atoms with E-state index in [1.165, 1.54) is 0 Å². The summed E-state index contributed by atoms with van der Waals surface area (Å²) in [5.41, 5.74) is 3.80. The molecule has 0 aliphatic carbocycles. The highest BCUT2D eigenvalue weighted by molar-refractivity contribution is 5.81. The highest BCUT2D eigenvalue weighted by atomic mass is 27.0. The fraction of sp³-hybridized carbons (Fsp3) is 0. The van der Waals surface area contributed by atoms with Gasteiger partial charge in [0.1, 0.15) is 33.8 Å². The number of phenolic OH excluding ortho intramolecular Hbond substituents is 3. The normalized spacial score (nSPS) is 9.88. The molecule has 0 amide bonds. The smallest absolute Gasteiger partial charge is 0.187 e.